The summed E-state index contributed by atoms with van der Waals surface area (Å²) in [6, 6.07) is 13.7. The van der Waals surface area contributed by atoms with E-state index in [1.54, 1.807) is 0 Å². The van der Waals surface area contributed by atoms with Crippen LogP contribution in [0.4, 0.5) is 0 Å². The quantitative estimate of drug-likeness (QED) is 0.832. The third-order valence-electron chi connectivity index (χ3n) is 2.46. The van der Waals surface area contributed by atoms with Gasteiger partial charge in [-0.1, -0.05) is 42.5 Å². The van der Waals surface area contributed by atoms with Crippen molar-refractivity contribution in [2.24, 2.45) is 5.73 Å². The summed E-state index contributed by atoms with van der Waals surface area (Å²) in [5, 5.41) is 2.11. The zero-order valence-electron chi connectivity index (χ0n) is 8.85. The van der Waals surface area contributed by atoms with Gasteiger partial charge in [-0.2, -0.15) is 0 Å². The first-order chi connectivity index (χ1) is 7.33. The number of hydrogen-bond acceptors (Lipinski definition) is 2. The van der Waals surface area contributed by atoms with Crippen molar-refractivity contribution in [3.8, 4) is 0 Å². The van der Waals surface area contributed by atoms with Crippen molar-refractivity contribution in [2.45, 2.75) is 6.42 Å². The Hall–Kier alpha value is -1.38. The normalized spacial score (nSPS) is 9.81. The molecule has 84 valence electrons. The van der Waals surface area contributed by atoms with Crippen LogP contribution in [-0.2, 0) is 0 Å². The zero-order valence-corrected chi connectivity index (χ0v) is 9.67. The fourth-order valence-electron chi connectivity index (χ4n) is 1.73. The van der Waals surface area contributed by atoms with Crippen LogP contribution >= 0.6 is 12.4 Å². The number of Topliss-reactive ketones (excluding diaryl/α,β-unsaturated/α-hetero) is 1. The van der Waals surface area contributed by atoms with Gasteiger partial charge in [-0.15, -0.1) is 12.4 Å². The van der Waals surface area contributed by atoms with Crippen LogP contribution in [0, 0.1) is 0 Å². The van der Waals surface area contributed by atoms with Gasteiger partial charge in [0.2, 0.25) is 0 Å². The average Bonchev–Trinajstić information content (AvgIpc) is 2.28. The number of ketones is 1. The minimum Gasteiger partial charge on any atom is -0.330 e. The standard InChI is InChI=1S/C13H13NO.ClH/c14-9-8-13(15)12-7-3-5-10-4-1-2-6-11(10)12;/h1-7H,8-9,14H2;1H. The summed E-state index contributed by atoms with van der Waals surface area (Å²) in [4.78, 5) is 11.8. The highest BCUT2D eigenvalue weighted by Crippen LogP contribution is 2.19. The molecular formula is C13H14ClNO. The van der Waals surface area contributed by atoms with E-state index < -0.39 is 0 Å². The topological polar surface area (TPSA) is 43.1 Å². The highest BCUT2D eigenvalue weighted by atomic mass is 35.5. The number of hydrogen-bond donors (Lipinski definition) is 1. The van der Waals surface area contributed by atoms with Crippen molar-refractivity contribution >= 4 is 29.0 Å². The predicted octanol–water partition coefficient (Wildman–Crippen LogP) is 2.79. The second-order valence-corrected chi connectivity index (χ2v) is 3.49. The molecule has 0 aliphatic rings. The molecule has 16 heavy (non-hydrogen) atoms. The first-order valence-corrected chi connectivity index (χ1v) is 5.04. The van der Waals surface area contributed by atoms with Gasteiger partial charge in [0, 0.05) is 12.0 Å². The fourth-order valence-corrected chi connectivity index (χ4v) is 1.73. The largest absolute Gasteiger partial charge is 0.330 e. The van der Waals surface area contributed by atoms with E-state index in [4.69, 9.17) is 5.73 Å². The molecule has 0 spiro atoms. The molecule has 0 saturated heterocycles. The van der Waals surface area contributed by atoms with Crippen molar-refractivity contribution in [3.63, 3.8) is 0 Å². The maximum atomic E-state index is 11.8. The number of carbonyl (C=O) groups excluding carboxylic acids is 1. The summed E-state index contributed by atoms with van der Waals surface area (Å²) in [7, 11) is 0. The van der Waals surface area contributed by atoms with Gasteiger partial charge in [-0.05, 0) is 17.3 Å². The lowest BCUT2D eigenvalue weighted by molar-refractivity contribution is 0.0987. The van der Waals surface area contributed by atoms with Gasteiger partial charge in [-0.25, -0.2) is 0 Å². The Kier molecular flexibility index (Phi) is 4.47. The van der Waals surface area contributed by atoms with Crippen LogP contribution in [0.3, 0.4) is 0 Å². The SMILES string of the molecule is Cl.NCCC(=O)c1cccc2ccccc12. The van der Waals surface area contributed by atoms with Crippen LogP contribution in [0.5, 0.6) is 0 Å². The second-order valence-electron chi connectivity index (χ2n) is 3.49. The molecule has 2 nitrogen and oxygen atoms in total. The van der Waals surface area contributed by atoms with Crippen LogP contribution in [0.1, 0.15) is 16.8 Å². The number of halogens is 1. The summed E-state index contributed by atoms with van der Waals surface area (Å²) in [6.45, 7) is 0.405. The number of nitrogens with two attached hydrogens (primary N) is 1. The number of fused-ring (bicyclic) bond motifs is 1. The van der Waals surface area contributed by atoms with Crippen LogP contribution in [0.25, 0.3) is 10.8 Å². The second kappa shape index (κ2) is 5.64. The molecule has 2 aromatic rings. The lowest BCUT2D eigenvalue weighted by atomic mass is 10.00. The van der Waals surface area contributed by atoms with E-state index in [9.17, 15) is 4.79 Å². The molecule has 2 aromatic carbocycles. The van der Waals surface area contributed by atoms with Crippen molar-refractivity contribution in [2.75, 3.05) is 6.54 Å². The van der Waals surface area contributed by atoms with Gasteiger partial charge >= 0.3 is 0 Å². The molecule has 0 fully saturated rings. The monoisotopic (exact) mass is 235 g/mol. The minimum atomic E-state index is 0. The lowest BCUT2D eigenvalue weighted by Crippen LogP contribution is -2.08. The number of benzene rings is 2. The highest BCUT2D eigenvalue weighted by Gasteiger charge is 2.07. The highest BCUT2D eigenvalue weighted by molar-refractivity contribution is 6.08. The molecule has 2 rings (SSSR count). The van der Waals surface area contributed by atoms with E-state index in [-0.39, 0.29) is 18.2 Å². The molecule has 0 unspecified atom stereocenters. The van der Waals surface area contributed by atoms with Crippen LogP contribution in [0.2, 0.25) is 0 Å². The maximum absolute atomic E-state index is 11.8. The molecule has 0 amide bonds. The first kappa shape index (κ1) is 12.7. The number of carbonyl (C=O) groups is 1. The summed E-state index contributed by atoms with van der Waals surface area (Å²) >= 11 is 0. The van der Waals surface area contributed by atoms with Crippen LogP contribution in [0.15, 0.2) is 42.5 Å². The van der Waals surface area contributed by atoms with E-state index in [1.807, 2.05) is 42.5 Å². The summed E-state index contributed by atoms with van der Waals surface area (Å²) in [6.07, 6.45) is 0.411. The fraction of sp³-hybridized carbons (Fsp3) is 0.154. The van der Waals surface area contributed by atoms with Crippen LogP contribution < -0.4 is 5.73 Å². The molecule has 0 aliphatic carbocycles. The molecule has 2 N–H and O–H groups in total. The summed E-state index contributed by atoms with van der Waals surface area (Å²) in [5.41, 5.74) is 6.17. The minimum absolute atomic E-state index is 0. The first-order valence-electron chi connectivity index (χ1n) is 5.04. The molecule has 0 bridgehead atoms. The van der Waals surface area contributed by atoms with Gasteiger partial charge in [0.15, 0.2) is 5.78 Å². The van der Waals surface area contributed by atoms with E-state index in [2.05, 4.69) is 0 Å². The Balaban J connectivity index is 0.00000128. The van der Waals surface area contributed by atoms with Crippen molar-refractivity contribution in [1.82, 2.24) is 0 Å². The smallest absolute Gasteiger partial charge is 0.164 e. The Bertz CT molecular complexity index is 491. The van der Waals surface area contributed by atoms with E-state index in [0.717, 1.165) is 16.3 Å². The molecular weight excluding hydrogens is 222 g/mol. The van der Waals surface area contributed by atoms with Gasteiger partial charge < -0.3 is 5.73 Å². The number of rotatable bonds is 3. The molecule has 0 radical (unpaired) electrons. The third-order valence-corrected chi connectivity index (χ3v) is 2.46. The Labute approximate surface area is 101 Å². The van der Waals surface area contributed by atoms with Crippen molar-refractivity contribution in [3.05, 3.63) is 48.0 Å². The Morgan fingerprint density at radius 3 is 2.50 bits per heavy atom. The van der Waals surface area contributed by atoms with E-state index >= 15 is 0 Å². The Morgan fingerprint density at radius 2 is 1.75 bits per heavy atom. The van der Waals surface area contributed by atoms with Crippen molar-refractivity contribution < 1.29 is 4.79 Å². The van der Waals surface area contributed by atoms with Gasteiger partial charge in [0.1, 0.15) is 0 Å². The third kappa shape index (κ3) is 2.40. The summed E-state index contributed by atoms with van der Waals surface area (Å²) in [5.74, 6) is 0.120. The van der Waals surface area contributed by atoms with Gasteiger partial charge in [-0.3, -0.25) is 4.79 Å². The maximum Gasteiger partial charge on any atom is 0.164 e. The zero-order chi connectivity index (χ0) is 10.7. The van der Waals surface area contributed by atoms with E-state index in [1.165, 1.54) is 0 Å². The predicted molar refractivity (Wildman–Crippen MR) is 69.2 cm³/mol. The van der Waals surface area contributed by atoms with E-state index in [0.29, 0.717) is 13.0 Å². The molecule has 0 heterocycles. The molecule has 3 heteroatoms. The van der Waals surface area contributed by atoms with Gasteiger partial charge in [0.25, 0.3) is 0 Å². The Morgan fingerprint density at radius 1 is 1.06 bits per heavy atom. The summed E-state index contributed by atoms with van der Waals surface area (Å²) < 4.78 is 0. The average molecular weight is 236 g/mol. The molecule has 0 aliphatic heterocycles. The molecule has 0 aromatic heterocycles. The van der Waals surface area contributed by atoms with Gasteiger partial charge in [0.05, 0.1) is 0 Å². The molecule has 0 saturated carbocycles. The lowest BCUT2D eigenvalue weighted by Gasteiger charge is -2.04. The van der Waals surface area contributed by atoms with Crippen LogP contribution in [-0.4, -0.2) is 12.3 Å². The van der Waals surface area contributed by atoms with Crippen molar-refractivity contribution in [1.29, 1.82) is 0 Å². The molecule has 0 atom stereocenters.